The van der Waals surface area contributed by atoms with Gasteiger partial charge in [-0.3, -0.25) is 14.4 Å². The summed E-state index contributed by atoms with van der Waals surface area (Å²) in [4.78, 5) is 40.6. The molecule has 7 heteroatoms. The van der Waals surface area contributed by atoms with Gasteiger partial charge in [-0.05, 0) is 36.8 Å². The van der Waals surface area contributed by atoms with Crippen molar-refractivity contribution in [1.82, 2.24) is 9.80 Å². The molecule has 1 heterocycles. The van der Waals surface area contributed by atoms with Crippen LogP contribution < -0.4 is 5.32 Å². The molecule has 0 aromatic heterocycles. The molecule has 1 saturated heterocycles. The number of carbonyl (C=O) groups excluding carboxylic acids is 3. The van der Waals surface area contributed by atoms with E-state index in [2.05, 4.69) is 5.32 Å². The molecule has 2 aromatic rings. The number of hydrogen-bond donors (Lipinski definition) is 1. The van der Waals surface area contributed by atoms with Gasteiger partial charge in [0, 0.05) is 30.7 Å². The highest BCUT2D eigenvalue weighted by Crippen LogP contribution is 2.29. The first-order valence-electron chi connectivity index (χ1n) is 9.50. The van der Waals surface area contributed by atoms with Crippen LogP contribution in [0.4, 0.5) is 5.69 Å². The van der Waals surface area contributed by atoms with E-state index in [0.29, 0.717) is 17.3 Å². The predicted molar refractivity (Wildman–Crippen MR) is 112 cm³/mol. The highest BCUT2D eigenvalue weighted by molar-refractivity contribution is 6.30. The molecular weight excluding hydrogens is 390 g/mol. The van der Waals surface area contributed by atoms with Crippen LogP contribution in [0.5, 0.6) is 0 Å². The maximum absolute atomic E-state index is 12.8. The van der Waals surface area contributed by atoms with Crippen LogP contribution in [0.25, 0.3) is 0 Å². The number of hydrogen-bond acceptors (Lipinski definition) is 3. The maximum atomic E-state index is 12.8. The lowest BCUT2D eigenvalue weighted by Gasteiger charge is -2.26. The third-order valence-corrected chi connectivity index (χ3v) is 5.39. The molecule has 1 aliphatic rings. The standard InChI is InChI=1S/C22H24ClN3O3/c1-15(16-6-4-3-5-7-16)26-13-17(12-21(26)28)22(29)25(2)14-20(27)24-19-10-8-18(23)9-11-19/h3-11,15,17H,12-14H2,1-2H3,(H,24,27)/t15-,17+/m1/s1. The second-order valence-electron chi connectivity index (χ2n) is 7.28. The van der Waals surface area contributed by atoms with Crippen LogP contribution in [0.2, 0.25) is 5.02 Å². The van der Waals surface area contributed by atoms with E-state index in [1.807, 2.05) is 37.3 Å². The number of amides is 3. The molecule has 1 fully saturated rings. The number of anilines is 1. The zero-order chi connectivity index (χ0) is 21.0. The molecule has 1 N–H and O–H groups in total. The molecule has 2 aromatic carbocycles. The Balaban J connectivity index is 1.56. The normalized spacial score (nSPS) is 17.1. The minimum Gasteiger partial charge on any atom is -0.336 e. The van der Waals surface area contributed by atoms with Gasteiger partial charge in [0.2, 0.25) is 17.7 Å². The van der Waals surface area contributed by atoms with Crippen molar-refractivity contribution in [3.8, 4) is 0 Å². The lowest BCUT2D eigenvalue weighted by atomic mass is 10.1. The van der Waals surface area contributed by atoms with Crippen molar-refractivity contribution in [1.29, 1.82) is 0 Å². The minimum absolute atomic E-state index is 0.0429. The fourth-order valence-corrected chi connectivity index (χ4v) is 3.65. The van der Waals surface area contributed by atoms with Crippen LogP contribution in [0.3, 0.4) is 0 Å². The van der Waals surface area contributed by atoms with E-state index in [4.69, 9.17) is 11.6 Å². The van der Waals surface area contributed by atoms with Crippen molar-refractivity contribution in [3.63, 3.8) is 0 Å². The number of nitrogens with one attached hydrogen (secondary N) is 1. The van der Waals surface area contributed by atoms with Crippen molar-refractivity contribution in [2.24, 2.45) is 5.92 Å². The largest absolute Gasteiger partial charge is 0.336 e. The van der Waals surface area contributed by atoms with Crippen molar-refractivity contribution >= 4 is 35.0 Å². The van der Waals surface area contributed by atoms with Crippen molar-refractivity contribution in [2.45, 2.75) is 19.4 Å². The molecule has 3 amide bonds. The summed E-state index contributed by atoms with van der Waals surface area (Å²) in [6.45, 7) is 2.24. The maximum Gasteiger partial charge on any atom is 0.243 e. The first kappa shape index (κ1) is 20.9. The van der Waals surface area contributed by atoms with Crippen molar-refractivity contribution in [3.05, 3.63) is 65.2 Å². The summed E-state index contributed by atoms with van der Waals surface area (Å²) in [5.74, 6) is -0.991. The third-order valence-electron chi connectivity index (χ3n) is 5.14. The Morgan fingerprint density at radius 2 is 1.83 bits per heavy atom. The zero-order valence-corrected chi connectivity index (χ0v) is 17.2. The summed E-state index contributed by atoms with van der Waals surface area (Å²) in [7, 11) is 1.58. The lowest BCUT2D eigenvalue weighted by Crippen LogP contribution is -2.39. The summed E-state index contributed by atoms with van der Waals surface area (Å²) < 4.78 is 0. The molecule has 1 aliphatic heterocycles. The topological polar surface area (TPSA) is 69.7 Å². The van der Waals surface area contributed by atoms with Gasteiger partial charge in [-0.2, -0.15) is 0 Å². The Hall–Kier alpha value is -2.86. The van der Waals surface area contributed by atoms with Gasteiger partial charge in [0.1, 0.15) is 0 Å². The van der Waals surface area contributed by atoms with Crippen LogP contribution in [-0.2, 0) is 14.4 Å². The number of likely N-dealkylation sites (tertiary alicyclic amines) is 1. The van der Waals surface area contributed by atoms with E-state index in [1.165, 1.54) is 4.90 Å². The average Bonchev–Trinajstić information content (AvgIpc) is 3.10. The van der Waals surface area contributed by atoms with E-state index < -0.39 is 5.92 Å². The molecule has 0 spiro atoms. The van der Waals surface area contributed by atoms with Gasteiger partial charge >= 0.3 is 0 Å². The Labute approximate surface area is 175 Å². The minimum atomic E-state index is -0.443. The molecule has 0 bridgehead atoms. The predicted octanol–water partition coefficient (Wildman–Crippen LogP) is 3.35. The van der Waals surface area contributed by atoms with Gasteiger partial charge in [0.05, 0.1) is 18.5 Å². The number of carbonyl (C=O) groups is 3. The van der Waals surface area contributed by atoms with E-state index >= 15 is 0 Å². The van der Waals surface area contributed by atoms with E-state index in [0.717, 1.165) is 5.56 Å². The molecule has 2 atom stereocenters. The fraction of sp³-hybridized carbons (Fsp3) is 0.318. The molecule has 0 radical (unpaired) electrons. The van der Waals surface area contributed by atoms with Crippen molar-refractivity contribution in [2.75, 3.05) is 25.5 Å². The zero-order valence-electron chi connectivity index (χ0n) is 16.5. The summed E-state index contributed by atoms with van der Waals surface area (Å²) in [6.07, 6.45) is 0.166. The molecule has 0 aliphatic carbocycles. The Kier molecular flexibility index (Phi) is 6.54. The first-order chi connectivity index (χ1) is 13.8. The van der Waals surface area contributed by atoms with E-state index in [9.17, 15) is 14.4 Å². The molecule has 152 valence electrons. The molecule has 0 saturated carbocycles. The molecule has 0 unspecified atom stereocenters. The average molecular weight is 414 g/mol. The second kappa shape index (κ2) is 9.09. The van der Waals surface area contributed by atoms with Crippen LogP contribution in [0.1, 0.15) is 24.9 Å². The van der Waals surface area contributed by atoms with E-state index in [-0.39, 0.29) is 36.7 Å². The Morgan fingerprint density at radius 3 is 2.48 bits per heavy atom. The van der Waals surface area contributed by atoms with Crippen LogP contribution in [0, 0.1) is 5.92 Å². The molecule has 3 rings (SSSR count). The summed E-state index contributed by atoms with van der Waals surface area (Å²) in [6, 6.07) is 16.4. The molecular formula is C22H24ClN3O3. The number of nitrogens with zero attached hydrogens (tertiary/aromatic N) is 2. The van der Waals surface area contributed by atoms with Crippen LogP contribution >= 0.6 is 11.6 Å². The van der Waals surface area contributed by atoms with Crippen LogP contribution in [0.15, 0.2) is 54.6 Å². The Bertz CT molecular complexity index is 886. The molecule has 6 nitrogen and oxygen atoms in total. The van der Waals surface area contributed by atoms with Gasteiger partial charge in [-0.1, -0.05) is 41.9 Å². The molecule has 29 heavy (non-hydrogen) atoms. The van der Waals surface area contributed by atoms with Gasteiger partial charge in [0.15, 0.2) is 0 Å². The fourth-order valence-electron chi connectivity index (χ4n) is 3.52. The Morgan fingerprint density at radius 1 is 1.17 bits per heavy atom. The van der Waals surface area contributed by atoms with E-state index in [1.54, 1.807) is 36.2 Å². The van der Waals surface area contributed by atoms with Gasteiger partial charge in [0.25, 0.3) is 0 Å². The summed E-state index contributed by atoms with van der Waals surface area (Å²) in [5, 5.41) is 3.31. The quantitative estimate of drug-likeness (QED) is 0.789. The van der Waals surface area contributed by atoms with Crippen LogP contribution in [-0.4, -0.2) is 47.7 Å². The first-order valence-corrected chi connectivity index (χ1v) is 9.87. The van der Waals surface area contributed by atoms with Gasteiger partial charge in [-0.15, -0.1) is 0 Å². The highest BCUT2D eigenvalue weighted by atomic mass is 35.5. The SMILES string of the molecule is C[C@H](c1ccccc1)N1C[C@@H](C(=O)N(C)CC(=O)Nc2ccc(Cl)cc2)CC1=O. The number of rotatable bonds is 6. The number of halogens is 1. The number of likely N-dealkylation sites (N-methyl/N-ethyl adjacent to an activating group) is 1. The summed E-state index contributed by atoms with van der Waals surface area (Å²) in [5.41, 5.74) is 1.64. The summed E-state index contributed by atoms with van der Waals surface area (Å²) >= 11 is 5.83. The second-order valence-corrected chi connectivity index (χ2v) is 7.72. The lowest BCUT2D eigenvalue weighted by molar-refractivity contribution is -0.137. The monoisotopic (exact) mass is 413 g/mol. The van der Waals surface area contributed by atoms with Gasteiger partial charge < -0.3 is 15.1 Å². The number of benzene rings is 2. The highest BCUT2D eigenvalue weighted by Gasteiger charge is 2.38. The smallest absolute Gasteiger partial charge is 0.243 e. The van der Waals surface area contributed by atoms with Gasteiger partial charge in [-0.25, -0.2) is 0 Å². The third kappa shape index (κ3) is 5.15. The van der Waals surface area contributed by atoms with Crippen molar-refractivity contribution < 1.29 is 14.4 Å².